The van der Waals surface area contributed by atoms with E-state index < -0.39 is 5.82 Å². The molecule has 0 amide bonds. The van der Waals surface area contributed by atoms with Gasteiger partial charge in [0.25, 0.3) is 0 Å². The first-order valence-corrected chi connectivity index (χ1v) is 7.04. The highest BCUT2D eigenvalue weighted by molar-refractivity contribution is 6.30. The Morgan fingerprint density at radius 3 is 3.05 bits per heavy atom. The highest BCUT2D eigenvalue weighted by Gasteiger charge is 2.22. The molecule has 2 aromatic rings. The smallest absolute Gasteiger partial charge is 0.319 e. The first-order valence-electron chi connectivity index (χ1n) is 6.66. The Bertz CT molecular complexity index is 683. The molecular weight excluding hydrogens is 297 g/mol. The normalized spacial score (nSPS) is 19.3. The lowest BCUT2D eigenvalue weighted by atomic mass is 10.2. The number of halogens is 2. The summed E-state index contributed by atoms with van der Waals surface area (Å²) in [6, 6.07) is 0.373. The van der Waals surface area contributed by atoms with E-state index in [0.717, 1.165) is 19.4 Å². The lowest BCUT2D eigenvalue weighted by molar-refractivity contribution is 0.188. The summed E-state index contributed by atoms with van der Waals surface area (Å²) < 4.78 is 19.5. The molecule has 0 aromatic carbocycles. The molecule has 0 spiro atoms. The van der Waals surface area contributed by atoms with Gasteiger partial charge in [-0.1, -0.05) is 11.6 Å². The van der Waals surface area contributed by atoms with Crippen LogP contribution in [0, 0.1) is 5.82 Å². The van der Waals surface area contributed by atoms with Crippen molar-refractivity contribution in [3.05, 3.63) is 17.2 Å². The van der Waals surface area contributed by atoms with Gasteiger partial charge in [-0.15, -0.1) is 0 Å². The van der Waals surface area contributed by atoms with Crippen LogP contribution >= 0.6 is 11.6 Å². The van der Waals surface area contributed by atoms with Gasteiger partial charge in [0.15, 0.2) is 11.0 Å². The van der Waals surface area contributed by atoms with E-state index >= 15 is 0 Å². The number of nitrogens with two attached hydrogens (primary N) is 1. The molecule has 0 aliphatic carbocycles. The molecule has 1 aliphatic heterocycles. The fourth-order valence-electron chi connectivity index (χ4n) is 2.46. The standard InChI is InChI=1S/C13H15ClFN5O/c1-20-4-2-3-7(20)6-21-13-18-10-8(12(16)19-13)5-17-11(14)9(10)15/h5,7H,2-4,6H2,1H3,(H2,16,18,19)/t7-/m0/s1. The number of aromatic nitrogens is 3. The van der Waals surface area contributed by atoms with Crippen LogP contribution in [0.5, 0.6) is 6.01 Å². The van der Waals surface area contributed by atoms with Crippen molar-refractivity contribution in [3.8, 4) is 6.01 Å². The highest BCUT2D eigenvalue weighted by atomic mass is 35.5. The molecule has 0 bridgehead atoms. The molecule has 112 valence electrons. The van der Waals surface area contributed by atoms with Gasteiger partial charge >= 0.3 is 6.01 Å². The molecule has 0 unspecified atom stereocenters. The number of hydrogen-bond acceptors (Lipinski definition) is 6. The lowest BCUT2D eigenvalue weighted by Gasteiger charge is -2.19. The fourth-order valence-corrected chi connectivity index (χ4v) is 2.60. The molecule has 2 aromatic heterocycles. The number of anilines is 1. The van der Waals surface area contributed by atoms with E-state index in [1.54, 1.807) is 0 Å². The summed E-state index contributed by atoms with van der Waals surface area (Å²) in [5, 5.41) is 0.0734. The third-order valence-corrected chi connectivity index (χ3v) is 3.99. The maximum absolute atomic E-state index is 14.0. The van der Waals surface area contributed by atoms with Crippen LogP contribution in [-0.4, -0.2) is 46.1 Å². The fraction of sp³-hybridized carbons (Fsp3) is 0.462. The molecule has 2 N–H and O–H groups in total. The molecule has 0 saturated carbocycles. The minimum absolute atomic E-state index is 0.0253. The second-order valence-corrected chi connectivity index (χ2v) is 5.46. The van der Waals surface area contributed by atoms with E-state index in [9.17, 15) is 4.39 Å². The molecular formula is C13H15ClFN5O. The second kappa shape index (κ2) is 5.57. The lowest BCUT2D eigenvalue weighted by Crippen LogP contribution is -2.30. The summed E-state index contributed by atoms with van der Waals surface area (Å²) in [6.07, 6.45) is 3.55. The second-order valence-electron chi connectivity index (χ2n) is 5.10. The first kappa shape index (κ1) is 14.2. The van der Waals surface area contributed by atoms with Gasteiger partial charge in [0, 0.05) is 12.2 Å². The zero-order chi connectivity index (χ0) is 15.0. The van der Waals surface area contributed by atoms with Gasteiger partial charge in [0.1, 0.15) is 17.9 Å². The topological polar surface area (TPSA) is 77.2 Å². The molecule has 6 nitrogen and oxygen atoms in total. The minimum atomic E-state index is -0.717. The monoisotopic (exact) mass is 311 g/mol. The summed E-state index contributed by atoms with van der Waals surface area (Å²) in [4.78, 5) is 14.0. The molecule has 1 aliphatic rings. The van der Waals surface area contributed by atoms with Crippen molar-refractivity contribution >= 4 is 28.3 Å². The molecule has 1 atom stereocenters. The third-order valence-electron chi connectivity index (χ3n) is 3.73. The molecule has 1 fully saturated rings. The Hall–Kier alpha value is -1.73. The Morgan fingerprint density at radius 2 is 2.33 bits per heavy atom. The molecule has 21 heavy (non-hydrogen) atoms. The van der Waals surface area contributed by atoms with Gasteiger partial charge in [-0.05, 0) is 26.4 Å². The van der Waals surface area contributed by atoms with E-state index in [1.165, 1.54) is 6.20 Å². The van der Waals surface area contributed by atoms with Gasteiger partial charge in [0.2, 0.25) is 0 Å². The van der Waals surface area contributed by atoms with Crippen LogP contribution < -0.4 is 10.5 Å². The van der Waals surface area contributed by atoms with Crippen LogP contribution in [0.2, 0.25) is 5.15 Å². The Labute approximate surface area is 126 Å². The number of nitrogens with zero attached hydrogens (tertiary/aromatic N) is 4. The quantitative estimate of drug-likeness (QED) is 0.872. The maximum Gasteiger partial charge on any atom is 0.319 e. The summed E-state index contributed by atoms with van der Waals surface area (Å²) in [5.74, 6) is -0.594. The molecule has 3 heterocycles. The van der Waals surface area contributed by atoms with E-state index in [4.69, 9.17) is 22.1 Å². The van der Waals surface area contributed by atoms with Crippen molar-refractivity contribution in [1.29, 1.82) is 0 Å². The number of nitrogen functional groups attached to an aromatic ring is 1. The van der Waals surface area contributed by atoms with Crippen molar-refractivity contribution in [2.24, 2.45) is 0 Å². The van der Waals surface area contributed by atoms with E-state index in [0.29, 0.717) is 18.0 Å². The summed E-state index contributed by atoms with van der Waals surface area (Å²) >= 11 is 5.66. The largest absolute Gasteiger partial charge is 0.462 e. The van der Waals surface area contributed by atoms with Crippen LogP contribution in [0.3, 0.4) is 0 Å². The van der Waals surface area contributed by atoms with Gasteiger partial charge in [-0.2, -0.15) is 9.97 Å². The van der Waals surface area contributed by atoms with Gasteiger partial charge in [0.05, 0.1) is 5.39 Å². The summed E-state index contributed by atoms with van der Waals surface area (Å²) in [5.41, 5.74) is 5.82. The Morgan fingerprint density at radius 1 is 1.52 bits per heavy atom. The SMILES string of the molecule is CN1CCC[C@H]1COc1nc(N)c2cnc(Cl)c(F)c2n1. The highest BCUT2D eigenvalue weighted by Crippen LogP contribution is 2.26. The minimum Gasteiger partial charge on any atom is -0.462 e. The number of likely N-dealkylation sites (N-methyl/N-ethyl adjacent to an activating group) is 1. The van der Waals surface area contributed by atoms with Crippen molar-refractivity contribution in [3.63, 3.8) is 0 Å². The predicted octanol–water partition coefficient (Wildman–Crippen LogP) is 1.87. The van der Waals surface area contributed by atoms with Crippen molar-refractivity contribution in [2.75, 3.05) is 25.9 Å². The van der Waals surface area contributed by atoms with Crippen LogP contribution in [0.4, 0.5) is 10.2 Å². The number of hydrogen-bond donors (Lipinski definition) is 1. The Balaban J connectivity index is 1.87. The first-order chi connectivity index (χ1) is 10.1. The number of pyridine rings is 1. The van der Waals surface area contributed by atoms with Crippen LogP contribution in [0.1, 0.15) is 12.8 Å². The van der Waals surface area contributed by atoms with Crippen LogP contribution in [-0.2, 0) is 0 Å². The van der Waals surface area contributed by atoms with Gasteiger partial charge in [-0.25, -0.2) is 9.37 Å². The maximum atomic E-state index is 14.0. The van der Waals surface area contributed by atoms with Gasteiger partial charge in [-0.3, -0.25) is 0 Å². The average molecular weight is 312 g/mol. The Kier molecular flexibility index (Phi) is 3.77. The van der Waals surface area contributed by atoms with Crippen LogP contribution in [0.25, 0.3) is 10.9 Å². The van der Waals surface area contributed by atoms with Crippen LogP contribution in [0.15, 0.2) is 6.20 Å². The van der Waals surface area contributed by atoms with E-state index in [2.05, 4.69) is 19.9 Å². The third kappa shape index (κ3) is 2.71. The zero-order valence-corrected chi connectivity index (χ0v) is 12.3. The van der Waals surface area contributed by atoms with Crippen molar-refractivity contribution < 1.29 is 9.13 Å². The number of rotatable bonds is 3. The molecule has 3 rings (SSSR count). The number of likely N-dealkylation sites (tertiary alicyclic amines) is 1. The van der Waals surface area contributed by atoms with Crippen molar-refractivity contribution in [1.82, 2.24) is 19.9 Å². The molecule has 0 radical (unpaired) electrons. The van der Waals surface area contributed by atoms with Gasteiger partial charge < -0.3 is 15.4 Å². The van der Waals surface area contributed by atoms with E-state index in [-0.39, 0.29) is 22.5 Å². The van der Waals surface area contributed by atoms with Crippen molar-refractivity contribution in [2.45, 2.75) is 18.9 Å². The zero-order valence-electron chi connectivity index (χ0n) is 11.5. The number of ether oxygens (including phenoxy) is 1. The molecule has 1 saturated heterocycles. The summed E-state index contributed by atoms with van der Waals surface area (Å²) in [7, 11) is 2.04. The summed E-state index contributed by atoms with van der Waals surface area (Å²) in [6.45, 7) is 1.49. The van der Waals surface area contributed by atoms with E-state index in [1.807, 2.05) is 7.05 Å². The predicted molar refractivity (Wildman–Crippen MR) is 77.9 cm³/mol. The average Bonchev–Trinajstić information content (AvgIpc) is 2.86. The number of fused-ring (bicyclic) bond motifs is 1. The molecule has 8 heteroatoms.